The number of amides is 2. The van der Waals surface area contributed by atoms with E-state index >= 15 is 0 Å². The Balaban J connectivity index is 1.83. The molecule has 2 aromatic carbocycles. The van der Waals surface area contributed by atoms with Gasteiger partial charge in [-0.2, -0.15) is 0 Å². The van der Waals surface area contributed by atoms with Crippen LogP contribution in [0.4, 0.5) is 5.69 Å². The van der Waals surface area contributed by atoms with Gasteiger partial charge in [-0.25, -0.2) is 0 Å². The molecule has 2 amide bonds. The van der Waals surface area contributed by atoms with Gasteiger partial charge in [0, 0.05) is 19.2 Å². The van der Waals surface area contributed by atoms with Crippen LogP contribution in [0.25, 0.3) is 0 Å². The van der Waals surface area contributed by atoms with Crippen LogP contribution in [0.2, 0.25) is 0 Å². The van der Waals surface area contributed by atoms with Crippen molar-refractivity contribution in [1.82, 2.24) is 4.90 Å². The average molecular weight is 338 g/mol. The number of aryl methyl sites for hydroxylation is 3. The van der Waals surface area contributed by atoms with E-state index in [1.165, 1.54) is 10.5 Å². The molecule has 0 fully saturated rings. The molecule has 0 bridgehead atoms. The fourth-order valence-corrected chi connectivity index (χ4v) is 2.64. The summed E-state index contributed by atoms with van der Waals surface area (Å²) < 4.78 is 0. The van der Waals surface area contributed by atoms with Gasteiger partial charge in [0.1, 0.15) is 0 Å². The van der Waals surface area contributed by atoms with Gasteiger partial charge in [0.2, 0.25) is 11.8 Å². The first-order valence-electron chi connectivity index (χ1n) is 8.67. The predicted octanol–water partition coefficient (Wildman–Crippen LogP) is 3.59. The zero-order chi connectivity index (χ0) is 18.2. The molecule has 0 aliphatic carbocycles. The van der Waals surface area contributed by atoms with Crippen LogP contribution < -0.4 is 5.32 Å². The van der Waals surface area contributed by atoms with Crippen molar-refractivity contribution in [3.05, 3.63) is 65.2 Å². The summed E-state index contributed by atoms with van der Waals surface area (Å²) in [6.45, 7) is 4.15. The topological polar surface area (TPSA) is 49.4 Å². The van der Waals surface area contributed by atoms with Crippen molar-refractivity contribution < 1.29 is 9.59 Å². The van der Waals surface area contributed by atoms with Crippen LogP contribution >= 0.6 is 0 Å². The summed E-state index contributed by atoms with van der Waals surface area (Å²) in [6.07, 6.45) is 1.93. The minimum Gasteiger partial charge on any atom is -0.336 e. The molecule has 0 radical (unpaired) electrons. The number of carbonyl (C=O) groups excluding carboxylic acids is 2. The summed E-state index contributed by atoms with van der Waals surface area (Å²) in [5.74, 6) is -0.202. The lowest BCUT2D eigenvalue weighted by molar-refractivity contribution is -0.133. The number of para-hydroxylation sites is 1. The first-order chi connectivity index (χ1) is 12.0. The van der Waals surface area contributed by atoms with Gasteiger partial charge in [0.05, 0.1) is 6.54 Å². The van der Waals surface area contributed by atoms with Crippen molar-refractivity contribution in [3.63, 3.8) is 0 Å². The van der Waals surface area contributed by atoms with Gasteiger partial charge in [-0.3, -0.25) is 9.59 Å². The molecule has 132 valence electrons. The molecule has 25 heavy (non-hydrogen) atoms. The molecule has 1 N–H and O–H groups in total. The van der Waals surface area contributed by atoms with Crippen molar-refractivity contribution in [2.24, 2.45) is 0 Å². The second-order valence-electron chi connectivity index (χ2n) is 6.29. The first kappa shape index (κ1) is 18.7. The summed E-state index contributed by atoms with van der Waals surface area (Å²) in [6, 6.07) is 15.9. The summed E-state index contributed by atoms with van der Waals surface area (Å²) >= 11 is 0. The highest BCUT2D eigenvalue weighted by Gasteiger charge is 2.14. The van der Waals surface area contributed by atoms with Crippen molar-refractivity contribution >= 4 is 17.5 Å². The number of anilines is 1. The highest BCUT2D eigenvalue weighted by atomic mass is 16.2. The molecule has 0 aliphatic heterocycles. The van der Waals surface area contributed by atoms with E-state index in [-0.39, 0.29) is 18.4 Å². The van der Waals surface area contributed by atoms with Crippen LogP contribution in [0.5, 0.6) is 0 Å². The Hall–Kier alpha value is -2.62. The summed E-state index contributed by atoms with van der Waals surface area (Å²) in [7, 11) is 1.67. The van der Waals surface area contributed by atoms with Crippen LogP contribution in [0.3, 0.4) is 0 Å². The fourth-order valence-electron chi connectivity index (χ4n) is 2.64. The van der Waals surface area contributed by atoms with Crippen molar-refractivity contribution in [3.8, 4) is 0 Å². The van der Waals surface area contributed by atoms with Crippen molar-refractivity contribution in [2.45, 2.75) is 33.1 Å². The molecule has 0 aliphatic rings. The summed E-state index contributed by atoms with van der Waals surface area (Å²) in [5.41, 5.74) is 4.24. The van der Waals surface area contributed by atoms with Crippen molar-refractivity contribution in [2.75, 3.05) is 18.9 Å². The van der Waals surface area contributed by atoms with Gasteiger partial charge in [0.15, 0.2) is 0 Å². The van der Waals surface area contributed by atoms with Gasteiger partial charge < -0.3 is 10.2 Å². The lowest BCUT2D eigenvalue weighted by Crippen LogP contribution is -2.35. The van der Waals surface area contributed by atoms with Crippen LogP contribution in [0, 0.1) is 6.92 Å². The number of hydrogen-bond acceptors (Lipinski definition) is 2. The Labute approximate surface area is 149 Å². The summed E-state index contributed by atoms with van der Waals surface area (Å²) in [5, 5.41) is 2.89. The maximum absolute atomic E-state index is 12.2. The van der Waals surface area contributed by atoms with Crippen LogP contribution in [-0.2, 0) is 22.4 Å². The number of hydrogen-bond donors (Lipinski definition) is 1. The zero-order valence-corrected chi connectivity index (χ0v) is 15.2. The van der Waals surface area contributed by atoms with E-state index in [4.69, 9.17) is 0 Å². The maximum atomic E-state index is 12.2. The quantitative estimate of drug-likeness (QED) is 0.839. The minimum atomic E-state index is -0.174. The van der Waals surface area contributed by atoms with Gasteiger partial charge in [-0.05, 0) is 37.0 Å². The van der Waals surface area contributed by atoms with Gasteiger partial charge in [-0.15, -0.1) is 0 Å². The highest BCUT2D eigenvalue weighted by Crippen LogP contribution is 2.15. The lowest BCUT2D eigenvalue weighted by Gasteiger charge is -2.17. The first-order valence-corrected chi connectivity index (χ1v) is 8.67. The largest absolute Gasteiger partial charge is 0.336 e. The Morgan fingerprint density at radius 1 is 1.04 bits per heavy atom. The van der Waals surface area contributed by atoms with Gasteiger partial charge >= 0.3 is 0 Å². The Morgan fingerprint density at radius 2 is 1.72 bits per heavy atom. The minimum absolute atomic E-state index is 0.0282. The third-order valence-electron chi connectivity index (χ3n) is 4.23. The Morgan fingerprint density at radius 3 is 2.40 bits per heavy atom. The predicted molar refractivity (Wildman–Crippen MR) is 102 cm³/mol. The molecule has 0 saturated heterocycles. The molecule has 0 atom stereocenters. The molecule has 4 nitrogen and oxygen atoms in total. The maximum Gasteiger partial charge on any atom is 0.243 e. The lowest BCUT2D eigenvalue weighted by atomic mass is 10.1. The van der Waals surface area contributed by atoms with Gasteiger partial charge in [0.25, 0.3) is 0 Å². The van der Waals surface area contributed by atoms with E-state index in [0.717, 1.165) is 23.2 Å². The molecule has 0 spiro atoms. The highest BCUT2D eigenvalue weighted by molar-refractivity contribution is 5.95. The number of likely N-dealkylation sites (N-methyl/N-ethyl adjacent to an activating group) is 1. The smallest absolute Gasteiger partial charge is 0.243 e. The second-order valence-corrected chi connectivity index (χ2v) is 6.29. The molecular formula is C21H26N2O2. The third kappa shape index (κ3) is 5.75. The number of rotatable bonds is 7. The van der Waals surface area contributed by atoms with E-state index in [0.29, 0.717) is 12.8 Å². The fraction of sp³-hybridized carbons (Fsp3) is 0.333. The molecule has 0 saturated carbocycles. The molecular weight excluding hydrogens is 312 g/mol. The van der Waals surface area contributed by atoms with Gasteiger partial charge in [-0.1, -0.05) is 55.0 Å². The zero-order valence-electron chi connectivity index (χ0n) is 15.2. The molecule has 4 heteroatoms. The number of nitrogens with zero attached hydrogens (tertiary/aromatic N) is 1. The monoisotopic (exact) mass is 338 g/mol. The van der Waals surface area contributed by atoms with E-state index in [9.17, 15) is 9.59 Å². The second kappa shape index (κ2) is 9.02. The Bertz CT molecular complexity index is 723. The van der Waals surface area contributed by atoms with Crippen LogP contribution in [0.15, 0.2) is 48.5 Å². The standard InChI is InChI=1S/C21H26N2O2/c1-4-18-7-5-6-8-19(18)22-20(24)15-23(3)21(25)14-13-17-11-9-16(2)10-12-17/h5-12H,4,13-15H2,1-3H3,(H,22,24). The molecule has 0 aromatic heterocycles. The van der Waals surface area contributed by atoms with E-state index in [1.807, 2.05) is 62.4 Å². The van der Waals surface area contributed by atoms with E-state index < -0.39 is 0 Å². The van der Waals surface area contributed by atoms with Crippen molar-refractivity contribution in [1.29, 1.82) is 0 Å². The van der Waals surface area contributed by atoms with Crippen LogP contribution in [0.1, 0.15) is 30.0 Å². The average Bonchev–Trinajstić information content (AvgIpc) is 2.61. The van der Waals surface area contributed by atoms with Crippen LogP contribution in [-0.4, -0.2) is 30.3 Å². The molecule has 2 rings (SSSR count). The summed E-state index contributed by atoms with van der Waals surface area (Å²) in [4.78, 5) is 25.9. The Kier molecular flexibility index (Phi) is 6.75. The third-order valence-corrected chi connectivity index (χ3v) is 4.23. The number of nitrogens with one attached hydrogen (secondary N) is 1. The normalized spacial score (nSPS) is 10.4. The molecule has 2 aromatic rings. The molecule has 0 unspecified atom stereocenters. The number of benzene rings is 2. The number of carbonyl (C=O) groups is 2. The SMILES string of the molecule is CCc1ccccc1NC(=O)CN(C)C(=O)CCc1ccc(C)cc1. The molecule has 0 heterocycles. The van der Waals surface area contributed by atoms with E-state index in [1.54, 1.807) is 7.05 Å². The van der Waals surface area contributed by atoms with E-state index in [2.05, 4.69) is 5.32 Å².